The topological polar surface area (TPSA) is 78.1 Å². The van der Waals surface area contributed by atoms with Gasteiger partial charge in [-0.3, -0.25) is 4.79 Å². The summed E-state index contributed by atoms with van der Waals surface area (Å²) in [5.41, 5.74) is 1.42. The van der Waals surface area contributed by atoms with Gasteiger partial charge in [0.05, 0.1) is 17.8 Å². The Kier molecular flexibility index (Phi) is 4.83. The molecule has 1 aliphatic heterocycles. The molecule has 0 N–H and O–H groups in total. The SMILES string of the molecule is CO[C@@H]1C[C@H]2CN(C(=O)c3cc(C)n(C(F)F)n3)C[C@H]2C[C@H]1n1cc(C2CC2)nn1. The Morgan fingerprint density at radius 2 is 1.97 bits per heavy atom. The molecule has 2 saturated carbocycles. The summed E-state index contributed by atoms with van der Waals surface area (Å²) in [6.45, 7) is -0.0246. The number of aromatic nitrogens is 5. The van der Waals surface area contributed by atoms with Crippen molar-refractivity contribution in [2.24, 2.45) is 11.8 Å². The predicted octanol–water partition coefficient (Wildman–Crippen LogP) is 2.79. The standard InChI is InChI=1S/C20H26F2N6O2/c1-11-5-15(24-28(11)20(21)22)19(29)26-8-13-6-17(18(30-2)7-14(13)9-26)27-10-16(23-25-27)12-3-4-12/h5,10,12-14,17-18,20H,3-4,6-9H2,1-2H3/t13-,14+,17-,18-/m1/s1. The van der Waals surface area contributed by atoms with E-state index in [1.54, 1.807) is 12.0 Å². The van der Waals surface area contributed by atoms with Crippen molar-refractivity contribution in [3.8, 4) is 0 Å². The number of halogens is 2. The van der Waals surface area contributed by atoms with Gasteiger partial charge in [0.15, 0.2) is 5.69 Å². The molecule has 2 aromatic heterocycles. The highest BCUT2D eigenvalue weighted by molar-refractivity contribution is 5.92. The van der Waals surface area contributed by atoms with Gasteiger partial charge in [0.25, 0.3) is 5.91 Å². The lowest BCUT2D eigenvalue weighted by Gasteiger charge is -2.36. The largest absolute Gasteiger partial charge is 0.379 e. The van der Waals surface area contributed by atoms with Gasteiger partial charge >= 0.3 is 6.55 Å². The summed E-state index contributed by atoms with van der Waals surface area (Å²) in [5.74, 6) is 0.901. The molecular formula is C20H26F2N6O2. The molecule has 2 aromatic rings. The molecule has 4 atom stereocenters. The van der Waals surface area contributed by atoms with Crippen LogP contribution in [0.15, 0.2) is 12.3 Å². The minimum atomic E-state index is -2.75. The van der Waals surface area contributed by atoms with Crippen molar-refractivity contribution in [2.75, 3.05) is 20.2 Å². The Morgan fingerprint density at radius 3 is 2.60 bits per heavy atom. The van der Waals surface area contributed by atoms with Gasteiger partial charge in [-0.05, 0) is 50.5 Å². The lowest BCUT2D eigenvalue weighted by atomic mass is 9.77. The Bertz CT molecular complexity index is 940. The number of methoxy groups -OCH3 is 1. The van der Waals surface area contributed by atoms with Crippen molar-refractivity contribution in [3.63, 3.8) is 0 Å². The van der Waals surface area contributed by atoms with Gasteiger partial charge in [-0.2, -0.15) is 13.9 Å². The number of ether oxygens (including phenoxy) is 1. The highest BCUT2D eigenvalue weighted by atomic mass is 19.3. The number of rotatable bonds is 5. The molecule has 2 aliphatic carbocycles. The molecule has 1 amide bonds. The Labute approximate surface area is 173 Å². The average molecular weight is 420 g/mol. The van der Waals surface area contributed by atoms with E-state index in [4.69, 9.17) is 4.74 Å². The van der Waals surface area contributed by atoms with Gasteiger partial charge < -0.3 is 9.64 Å². The molecule has 0 unspecified atom stereocenters. The molecule has 0 aromatic carbocycles. The molecule has 0 spiro atoms. The van der Waals surface area contributed by atoms with Crippen LogP contribution in [0, 0.1) is 18.8 Å². The van der Waals surface area contributed by atoms with E-state index in [0.717, 1.165) is 18.5 Å². The maximum Gasteiger partial charge on any atom is 0.333 e. The molecule has 3 heterocycles. The summed E-state index contributed by atoms with van der Waals surface area (Å²) in [6, 6.07) is 1.53. The van der Waals surface area contributed by atoms with Gasteiger partial charge in [-0.1, -0.05) is 5.21 Å². The van der Waals surface area contributed by atoms with Gasteiger partial charge in [0, 0.05) is 38.0 Å². The van der Waals surface area contributed by atoms with Crippen LogP contribution >= 0.6 is 0 Å². The van der Waals surface area contributed by atoms with Crippen LogP contribution in [-0.4, -0.2) is 61.9 Å². The zero-order chi connectivity index (χ0) is 21.0. The van der Waals surface area contributed by atoms with Crippen molar-refractivity contribution in [2.45, 2.75) is 57.2 Å². The van der Waals surface area contributed by atoms with Crippen molar-refractivity contribution >= 4 is 5.91 Å². The summed E-state index contributed by atoms with van der Waals surface area (Å²) in [4.78, 5) is 14.7. The summed E-state index contributed by atoms with van der Waals surface area (Å²) in [7, 11) is 1.72. The minimum absolute atomic E-state index is 0.00958. The van der Waals surface area contributed by atoms with Gasteiger partial charge in [-0.15, -0.1) is 5.10 Å². The molecule has 10 heteroatoms. The van der Waals surface area contributed by atoms with Crippen LogP contribution in [0.3, 0.4) is 0 Å². The third-order valence-corrected chi connectivity index (χ3v) is 6.86. The highest BCUT2D eigenvalue weighted by Gasteiger charge is 2.45. The van der Waals surface area contributed by atoms with Gasteiger partial charge in [0.1, 0.15) is 0 Å². The van der Waals surface area contributed by atoms with Crippen molar-refractivity contribution < 1.29 is 18.3 Å². The number of fused-ring (bicyclic) bond motifs is 1. The van der Waals surface area contributed by atoms with Crippen molar-refractivity contribution in [1.29, 1.82) is 0 Å². The van der Waals surface area contributed by atoms with E-state index < -0.39 is 6.55 Å². The van der Waals surface area contributed by atoms with Crippen LogP contribution in [0.5, 0.6) is 0 Å². The minimum Gasteiger partial charge on any atom is -0.379 e. The number of likely N-dealkylation sites (tertiary alicyclic amines) is 1. The first kappa shape index (κ1) is 19.6. The molecule has 3 fully saturated rings. The van der Waals surface area contributed by atoms with E-state index in [2.05, 4.69) is 15.4 Å². The molecule has 30 heavy (non-hydrogen) atoms. The number of alkyl halides is 2. The van der Waals surface area contributed by atoms with Crippen LogP contribution in [0.4, 0.5) is 8.78 Å². The fourth-order valence-electron chi connectivity index (χ4n) is 5.06. The van der Waals surface area contributed by atoms with Crippen LogP contribution < -0.4 is 0 Å². The number of hydrogen-bond acceptors (Lipinski definition) is 5. The molecule has 3 aliphatic rings. The monoisotopic (exact) mass is 420 g/mol. The summed E-state index contributed by atoms with van der Waals surface area (Å²) >= 11 is 0. The molecular weight excluding hydrogens is 394 g/mol. The fraction of sp³-hybridized carbons (Fsp3) is 0.700. The Morgan fingerprint density at radius 1 is 1.23 bits per heavy atom. The van der Waals surface area contributed by atoms with E-state index in [1.807, 2.05) is 10.9 Å². The predicted molar refractivity (Wildman–Crippen MR) is 102 cm³/mol. The van der Waals surface area contributed by atoms with Crippen molar-refractivity contribution in [3.05, 3.63) is 29.3 Å². The van der Waals surface area contributed by atoms with Crippen LogP contribution in [0.2, 0.25) is 0 Å². The molecule has 162 valence electrons. The smallest absolute Gasteiger partial charge is 0.333 e. The first-order valence-corrected chi connectivity index (χ1v) is 10.5. The number of carbonyl (C=O) groups excluding carboxylic acids is 1. The molecule has 0 radical (unpaired) electrons. The molecule has 8 nitrogen and oxygen atoms in total. The first-order chi connectivity index (χ1) is 14.4. The number of hydrogen-bond donors (Lipinski definition) is 0. The molecule has 0 bridgehead atoms. The van der Waals surface area contributed by atoms with E-state index in [0.29, 0.717) is 35.5 Å². The lowest BCUT2D eigenvalue weighted by molar-refractivity contribution is -0.00546. The van der Waals surface area contributed by atoms with Gasteiger partial charge in [-0.25, -0.2) is 9.36 Å². The van der Waals surface area contributed by atoms with E-state index in [9.17, 15) is 13.6 Å². The molecule has 1 saturated heterocycles. The Balaban J connectivity index is 1.31. The van der Waals surface area contributed by atoms with Crippen LogP contribution in [0.1, 0.15) is 66.1 Å². The zero-order valence-electron chi connectivity index (χ0n) is 17.1. The number of aryl methyl sites for hydroxylation is 1. The average Bonchev–Trinajstić information content (AvgIpc) is 3.15. The summed E-state index contributed by atoms with van der Waals surface area (Å²) < 4.78 is 34.3. The number of amides is 1. The first-order valence-electron chi connectivity index (χ1n) is 10.5. The number of carbonyl (C=O) groups is 1. The highest BCUT2D eigenvalue weighted by Crippen LogP contribution is 2.44. The van der Waals surface area contributed by atoms with E-state index in [1.165, 1.54) is 25.8 Å². The lowest BCUT2D eigenvalue weighted by Crippen LogP contribution is -2.37. The maximum atomic E-state index is 13.0. The van der Waals surface area contributed by atoms with Gasteiger partial charge in [0.2, 0.25) is 0 Å². The Hall–Kier alpha value is -2.36. The fourth-order valence-corrected chi connectivity index (χ4v) is 5.06. The van der Waals surface area contributed by atoms with Crippen LogP contribution in [0.25, 0.3) is 0 Å². The number of nitrogens with zero attached hydrogens (tertiary/aromatic N) is 6. The van der Waals surface area contributed by atoms with E-state index >= 15 is 0 Å². The maximum absolute atomic E-state index is 13.0. The van der Waals surface area contributed by atoms with Crippen LogP contribution in [-0.2, 0) is 4.74 Å². The van der Waals surface area contributed by atoms with E-state index in [-0.39, 0.29) is 29.4 Å². The summed E-state index contributed by atoms with van der Waals surface area (Å²) in [5, 5.41) is 12.5. The molecule has 5 rings (SSSR count). The normalized spacial score (nSPS) is 28.9. The second-order valence-corrected chi connectivity index (χ2v) is 8.83. The summed E-state index contributed by atoms with van der Waals surface area (Å²) in [6.07, 6.45) is 6.10. The quantitative estimate of drug-likeness (QED) is 0.743. The zero-order valence-corrected chi connectivity index (χ0v) is 17.1. The second kappa shape index (κ2) is 7.40. The third kappa shape index (κ3) is 3.40. The third-order valence-electron chi connectivity index (χ3n) is 6.86. The van der Waals surface area contributed by atoms with Crippen molar-refractivity contribution in [1.82, 2.24) is 29.7 Å². The second-order valence-electron chi connectivity index (χ2n) is 8.83.